The van der Waals surface area contributed by atoms with Gasteiger partial charge in [0.1, 0.15) is 0 Å². The second-order valence-electron chi connectivity index (χ2n) is 7.95. The standard InChI is InChI=1S/C27H22ClN3OS/c1-17-22(28)12-8-13-23(17)29-27-30-26(32)25(33-27)15-21-18(2)31(16-19-9-4-3-5-10-19)24-14-7-6-11-20(21)24/h3-15H,16H2,1-2H3,(H,29,30,32)/b25-15-. The van der Waals surface area contributed by atoms with Crippen LogP contribution in [0.4, 0.5) is 5.69 Å². The van der Waals surface area contributed by atoms with E-state index in [2.05, 4.69) is 64.3 Å². The monoisotopic (exact) mass is 471 g/mol. The number of carbonyl (C=O) groups excluding carboxylic acids is 1. The maximum atomic E-state index is 12.8. The number of aromatic nitrogens is 1. The minimum absolute atomic E-state index is 0.141. The molecule has 1 aromatic heterocycles. The van der Waals surface area contributed by atoms with Crippen LogP contribution in [0.1, 0.15) is 22.4 Å². The molecule has 1 N–H and O–H groups in total. The van der Waals surface area contributed by atoms with Gasteiger partial charge >= 0.3 is 0 Å². The molecule has 1 saturated heterocycles. The molecule has 4 aromatic rings. The first-order valence-electron chi connectivity index (χ1n) is 10.7. The van der Waals surface area contributed by atoms with Crippen LogP contribution in [0.25, 0.3) is 17.0 Å². The largest absolute Gasteiger partial charge is 0.340 e. The molecule has 1 fully saturated rings. The zero-order chi connectivity index (χ0) is 22.9. The summed E-state index contributed by atoms with van der Waals surface area (Å²) in [5.41, 5.74) is 6.20. The van der Waals surface area contributed by atoms with E-state index in [1.165, 1.54) is 17.3 Å². The fraction of sp³-hybridized carbons (Fsp3) is 0.111. The highest BCUT2D eigenvalue weighted by molar-refractivity contribution is 8.18. The third-order valence-electron chi connectivity index (χ3n) is 5.85. The molecule has 6 heteroatoms. The molecule has 0 saturated carbocycles. The lowest BCUT2D eigenvalue weighted by Gasteiger charge is -2.08. The Kier molecular flexibility index (Phi) is 5.83. The van der Waals surface area contributed by atoms with Gasteiger partial charge in [-0.2, -0.15) is 0 Å². The molecular formula is C27H22ClN3OS. The number of thioether (sulfide) groups is 1. The Morgan fingerprint density at radius 2 is 1.76 bits per heavy atom. The Labute approximate surface area is 202 Å². The molecule has 3 aromatic carbocycles. The summed E-state index contributed by atoms with van der Waals surface area (Å²) < 4.78 is 2.30. The summed E-state index contributed by atoms with van der Waals surface area (Å²) in [5.74, 6) is -0.141. The van der Waals surface area contributed by atoms with Crippen LogP contribution >= 0.6 is 23.4 Å². The van der Waals surface area contributed by atoms with Crippen LogP contribution in [-0.4, -0.2) is 15.6 Å². The lowest BCUT2D eigenvalue weighted by molar-refractivity contribution is -0.115. The quantitative estimate of drug-likeness (QED) is 0.331. The summed E-state index contributed by atoms with van der Waals surface area (Å²) in [6.07, 6.45) is 1.98. The Bertz CT molecular complexity index is 1440. The molecule has 1 aliphatic heterocycles. The SMILES string of the molecule is Cc1c(Cl)cccc1N=C1NC(=O)/C(=C/c2c(C)n(Cc3ccccc3)c3ccccc23)S1. The average molecular weight is 472 g/mol. The van der Waals surface area contributed by atoms with Gasteiger partial charge in [0.15, 0.2) is 5.17 Å². The molecule has 2 heterocycles. The summed E-state index contributed by atoms with van der Waals surface area (Å²) in [5, 5.41) is 5.23. The zero-order valence-corrected chi connectivity index (χ0v) is 19.9. The van der Waals surface area contributed by atoms with E-state index in [1.54, 1.807) is 0 Å². The first kappa shape index (κ1) is 21.6. The van der Waals surface area contributed by atoms with Crippen LogP contribution in [0.5, 0.6) is 0 Å². The highest BCUT2D eigenvalue weighted by Gasteiger charge is 2.25. The van der Waals surface area contributed by atoms with Gasteiger partial charge in [-0.05, 0) is 61.0 Å². The molecule has 0 atom stereocenters. The molecule has 5 rings (SSSR count). The highest BCUT2D eigenvalue weighted by atomic mass is 35.5. The average Bonchev–Trinajstić information content (AvgIpc) is 3.30. The minimum Gasteiger partial charge on any atom is -0.340 e. The van der Waals surface area contributed by atoms with E-state index in [0.29, 0.717) is 15.1 Å². The van der Waals surface area contributed by atoms with E-state index < -0.39 is 0 Å². The van der Waals surface area contributed by atoms with Gasteiger partial charge in [-0.3, -0.25) is 4.79 Å². The van der Waals surface area contributed by atoms with Gasteiger partial charge in [0.25, 0.3) is 5.91 Å². The molecule has 1 aliphatic rings. The van der Waals surface area contributed by atoms with E-state index >= 15 is 0 Å². The predicted octanol–water partition coefficient (Wildman–Crippen LogP) is 6.85. The molecule has 164 valence electrons. The molecular weight excluding hydrogens is 450 g/mol. The highest BCUT2D eigenvalue weighted by Crippen LogP contribution is 2.34. The number of benzene rings is 3. The number of carbonyl (C=O) groups is 1. The Morgan fingerprint density at radius 3 is 2.58 bits per heavy atom. The van der Waals surface area contributed by atoms with Crippen molar-refractivity contribution in [3.05, 3.63) is 105 Å². The van der Waals surface area contributed by atoms with Crippen molar-refractivity contribution in [2.24, 2.45) is 4.99 Å². The molecule has 33 heavy (non-hydrogen) atoms. The van der Waals surface area contributed by atoms with Gasteiger partial charge in [0.05, 0.1) is 10.6 Å². The van der Waals surface area contributed by atoms with Crippen LogP contribution in [0.15, 0.2) is 82.7 Å². The first-order valence-corrected chi connectivity index (χ1v) is 11.9. The van der Waals surface area contributed by atoms with Gasteiger partial charge in [-0.15, -0.1) is 0 Å². The molecule has 0 bridgehead atoms. The van der Waals surface area contributed by atoms with Crippen LogP contribution in [0.2, 0.25) is 5.02 Å². The van der Waals surface area contributed by atoms with Crippen molar-refractivity contribution >= 4 is 57.1 Å². The van der Waals surface area contributed by atoms with Crippen molar-refractivity contribution in [3.8, 4) is 0 Å². The smallest absolute Gasteiger partial charge is 0.264 e. The van der Waals surface area contributed by atoms with Gasteiger partial charge in [-0.25, -0.2) is 4.99 Å². The van der Waals surface area contributed by atoms with E-state index in [1.807, 2.05) is 43.3 Å². The van der Waals surface area contributed by atoms with E-state index in [9.17, 15) is 4.79 Å². The van der Waals surface area contributed by atoms with Crippen LogP contribution in [-0.2, 0) is 11.3 Å². The lowest BCUT2D eigenvalue weighted by atomic mass is 10.1. The molecule has 0 unspecified atom stereocenters. The van der Waals surface area contributed by atoms with Crippen molar-refractivity contribution in [1.29, 1.82) is 0 Å². The Balaban J connectivity index is 1.53. The van der Waals surface area contributed by atoms with Crippen LogP contribution in [0.3, 0.4) is 0 Å². The number of aliphatic imine (C=N–C) groups is 1. The number of nitrogens with one attached hydrogen (secondary N) is 1. The van der Waals surface area contributed by atoms with E-state index in [4.69, 9.17) is 11.6 Å². The molecule has 4 nitrogen and oxygen atoms in total. The Hall–Kier alpha value is -3.28. The van der Waals surface area contributed by atoms with Crippen LogP contribution < -0.4 is 5.32 Å². The first-order chi connectivity index (χ1) is 16.0. The van der Waals surface area contributed by atoms with Crippen LogP contribution in [0, 0.1) is 13.8 Å². The maximum absolute atomic E-state index is 12.8. The molecule has 0 spiro atoms. The second-order valence-corrected chi connectivity index (χ2v) is 9.39. The summed E-state index contributed by atoms with van der Waals surface area (Å²) in [6, 6.07) is 24.3. The Morgan fingerprint density at radius 1 is 1.00 bits per heavy atom. The normalized spacial score (nSPS) is 16.2. The van der Waals surface area contributed by atoms with Gasteiger partial charge in [0.2, 0.25) is 0 Å². The molecule has 1 amide bonds. The van der Waals surface area contributed by atoms with Crippen molar-refractivity contribution in [2.75, 3.05) is 0 Å². The van der Waals surface area contributed by atoms with Crippen molar-refractivity contribution in [2.45, 2.75) is 20.4 Å². The van der Waals surface area contributed by atoms with E-state index in [0.717, 1.165) is 40.0 Å². The third kappa shape index (κ3) is 4.22. The molecule has 0 aliphatic carbocycles. The topological polar surface area (TPSA) is 46.4 Å². The fourth-order valence-corrected chi connectivity index (χ4v) is 5.03. The number of amides is 1. The van der Waals surface area contributed by atoms with Gasteiger partial charge in [0, 0.05) is 33.7 Å². The van der Waals surface area contributed by atoms with Crippen molar-refractivity contribution in [3.63, 3.8) is 0 Å². The summed E-state index contributed by atoms with van der Waals surface area (Å²) in [4.78, 5) is 18.0. The third-order valence-corrected chi connectivity index (χ3v) is 7.17. The number of hydrogen-bond donors (Lipinski definition) is 1. The number of hydrogen-bond acceptors (Lipinski definition) is 3. The lowest BCUT2D eigenvalue weighted by Crippen LogP contribution is -2.19. The summed E-state index contributed by atoms with van der Waals surface area (Å²) >= 11 is 7.57. The fourth-order valence-electron chi connectivity index (χ4n) is 4.05. The summed E-state index contributed by atoms with van der Waals surface area (Å²) in [6.45, 7) is 4.80. The summed E-state index contributed by atoms with van der Waals surface area (Å²) in [7, 11) is 0. The number of nitrogens with zero attached hydrogens (tertiary/aromatic N) is 2. The van der Waals surface area contributed by atoms with Crippen molar-refractivity contribution in [1.82, 2.24) is 9.88 Å². The number of para-hydroxylation sites is 1. The minimum atomic E-state index is -0.141. The van der Waals surface area contributed by atoms with Crippen molar-refractivity contribution < 1.29 is 4.79 Å². The maximum Gasteiger partial charge on any atom is 0.264 e. The molecule has 0 radical (unpaired) electrons. The number of fused-ring (bicyclic) bond motifs is 1. The van der Waals surface area contributed by atoms with E-state index in [-0.39, 0.29) is 5.91 Å². The van der Waals surface area contributed by atoms with Gasteiger partial charge in [-0.1, -0.05) is 66.2 Å². The van der Waals surface area contributed by atoms with Gasteiger partial charge < -0.3 is 9.88 Å². The number of rotatable bonds is 4. The number of halogens is 1. The predicted molar refractivity (Wildman–Crippen MR) is 139 cm³/mol. The second kappa shape index (κ2) is 8.93. The zero-order valence-electron chi connectivity index (χ0n) is 18.3. The number of amidine groups is 1.